The van der Waals surface area contributed by atoms with Gasteiger partial charge in [0.25, 0.3) is 15.6 Å². The molecule has 146 valence electrons. The number of nitrogens with zero attached hydrogens (tertiary/aromatic N) is 1. The van der Waals surface area contributed by atoms with Crippen LogP contribution in [0.2, 0.25) is 0 Å². The van der Waals surface area contributed by atoms with Crippen molar-refractivity contribution in [3.05, 3.63) is 76.6 Å². The molecule has 0 bridgehead atoms. The summed E-state index contributed by atoms with van der Waals surface area (Å²) < 4.78 is 67.6. The second-order valence-electron chi connectivity index (χ2n) is 6.08. The van der Waals surface area contributed by atoms with Crippen molar-refractivity contribution in [2.75, 3.05) is 4.72 Å². The third-order valence-electron chi connectivity index (χ3n) is 4.19. The number of nitrogens with one attached hydrogen (secondary N) is 1. The van der Waals surface area contributed by atoms with Crippen LogP contribution in [-0.4, -0.2) is 13.0 Å². The highest BCUT2D eigenvalue weighted by Gasteiger charge is 2.34. The molecule has 0 radical (unpaired) electrons. The van der Waals surface area contributed by atoms with E-state index in [1.165, 1.54) is 23.9 Å². The van der Waals surface area contributed by atoms with Crippen molar-refractivity contribution in [3.8, 4) is 11.1 Å². The van der Waals surface area contributed by atoms with Gasteiger partial charge in [-0.05, 0) is 35.2 Å². The van der Waals surface area contributed by atoms with Crippen molar-refractivity contribution in [1.82, 2.24) is 4.57 Å². The number of hydrogen-bond donors (Lipinski definition) is 1. The highest BCUT2D eigenvalue weighted by Crippen LogP contribution is 2.40. The molecule has 0 saturated carbocycles. The summed E-state index contributed by atoms with van der Waals surface area (Å²) in [4.78, 5) is 12.3. The van der Waals surface area contributed by atoms with Gasteiger partial charge in [-0.2, -0.15) is 13.2 Å². The van der Waals surface area contributed by atoms with E-state index in [0.717, 1.165) is 18.2 Å². The molecule has 0 unspecified atom stereocenters. The summed E-state index contributed by atoms with van der Waals surface area (Å²) in [6.45, 7) is 3.16. The fourth-order valence-corrected chi connectivity index (χ4v) is 3.45. The van der Waals surface area contributed by atoms with E-state index in [9.17, 15) is 26.4 Å². The van der Waals surface area contributed by atoms with Gasteiger partial charge in [-0.1, -0.05) is 24.8 Å². The number of fused-ring (bicyclic) bond motifs is 1. The van der Waals surface area contributed by atoms with Crippen molar-refractivity contribution in [3.63, 3.8) is 0 Å². The number of pyridine rings is 1. The van der Waals surface area contributed by atoms with Gasteiger partial charge in [-0.3, -0.25) is 9.52 Å². The Morgan fingerprint density at radius 1 is 1.07 bits per heavy atom. The van der Waals surface area contributed by atoms with Crippen LogP contribution < -0.4 is 10.3 Å². The van der Waals surface area contributed by atoms with E-state index >= 15 is 0 Å². The van der Waals surface area contributed by atoms with Crippen LogP contribution in [0.5, 0.6) is 0 Å². The topological polar surface area (TPSA) is 68.2 Å². The van der Waals surface area contributed by atoms with Gasteiger partial charge in [0.1, 0.15) is 0 Å². The van der Waals surface area contributed by atoms with E-state index in [0.29, 0.717) is 10.8 Å². The first-order chi connectivity index (χ1) is 13.0. The van der Waals surface area contributed by atoms with Crippen molar-refractivity contribution < 1.29 is 21.6 Å². The molecule has 0 saturated heterocycles. The zero-order valence-electron chi connectivity index (χ0n) is 14.6. The molecular weight excluding hydrogens is 393 g/mol. The van der Waals surface area contributed by atoms with Gasteiger partial charge in [0.05, 0.1) is 5.56 Å². The molecule has 0 fully saturated rings. The van der Waals surface area contributed by atoms with Crippen LogP contribution in [0.3, 0.4) is 0 Å². The normalized spacial score (nSPS) is 12.1. The van der Waals surface area contributed by atoms with E-state index < -0.39 is 21.8 Å². The Kier molecular flexibility index (Phi) is 4.80. The van der Waals surface area contributed by atoms with Gasteiger partial charge in [0.15, 0.2) is 0 Å². The Morgan fingerprint density at radius 3 is 2.32 bits per heavy atom. The molecule has 9 heteroatoms. The minimum atomic E-state index is -4.68. The summed E-state index contributed by atoms with van der Waals surface area (Å²) in [5.74, 6) is 0. The van der Waals surface area contributed by atoms with Gasteiger partial charge in [-0.25, -0.2) is 8.42 Å². The summed E-state index contributed by atoms with van der Waals surface area (Å²) >= 11 is 0. The number of anilines is 1. The van der Waals surface area contributed by atoms with Crippen LogP contribution in [0.1, 0.15) is 5.56 Å². The first-order valence-corrected chi connectivity index (χ1v) is 9.53. The van der Waals surface area contributed by atoms with Crippen LogP contribution in [0.4, 0.5) is 18.9 Å². The molecule has 2 aromatic carbocycles. The van der Waals surface area contributed by atoms with Gasteiger partial charge in [0, 0.05) is 35.3 Å². The van der Waals surface area contributed by atoms with Crippen LogP contribution in [0.25, 0.3) is 21.9 Å². The highest BCUT2D eigenvalue weighted by atomic mass is 32.2. The molecule has 3 aromatic rings. The lowest BCUT2D eigenvalue weighted by molar-refractivity contribution is -0.137. The molecule has 0 amide bonds. The second kappa shape index (κ2) is 6.83. The maximum Gasteiger partial charge on any atom is 0.417 e. The van der Waals surface area contributed by atoms with Gasteiger partial charge in [0.2, 0.25) is 0 Å². The van der Waals surface area contributed by atoms with Crippen LogP contribution >= 0.6 is 0 Å². The molecule has 5 nitrogen and oxygen atoms in total. The molecule has 1 aromatic heterocycles. The fourth-order valence-electron chi connectivity index (χ4n) is 2.91. The van der Waals surface area contributed by atoms with Gasteiger partial charge >= 0.3 is 6.18 Å². The van der Waals surface area contributed by atoms with Crippen molar-refractivity contribution in [2.24, 2.45) is 7.05 Å². The summed E-state index contributed by atoms with van der Waals surface area (Å²) in [6.07, 6.45) is -3.37. The standard InChI is InChI=1S/C19H15F3N2O3S/c1-3-28(26,27)23-12-8-9-17(19(20,21)22)15(10-12)16-11-24(2)18(25)14-7-5-4-6-13(14)16/h3-11,23H,1H2,2H3. The smallest absolute Gasteiger partial charge is 0.317 e. The zero-order chi connectivity index (χ0) is 20.7. The van der Waals surface area contributed by atoms with Crippen LogP contribution in [-0.2, 0) is 23.2 Å². The van der Waals surface area contributed by atoms with Crippen molar-refractivity contribution in [2.45, 2.75) is 6.18 Å². The average Bonchev–Trinajstić information content (AvgIpc) is 2.63. The van der Waals surface area contributed by atoms with E-state index in [1.54, 1.807) is 18.2 Å². The maximum absolute atomic E-state index is 13.6. The Hall–Kier alpha value is -3.07. The molecular formula is C19H15F3N2O3S. The summed E-state index contributed by atoms with van der Waals surface area (Å²) in [7, 11) is -2.46. The molecule has 0 aliphatic heterocycles. The van der Waals surface area contributed by atoms with E-state index in [2.05, 4.69) is 11.3 Å². The largest absolute Gasteiger partial charge is 0.417 e. The molecule has 0 spiro atoms. The highest BCUT2D eigenvalue weighted by molar-refractivity contribution is 7.95. The Labute approximate surface area is 158 Å². The molecule has 0 aliphatic carbocycles. The minimum absolute atomic E-state index is 0.0548. The first kappa shape index (κ1) is 19.7. The molecule has 0 aliphatic rings. The molecule has 1 N–H and O–H groups in total. The van der Waals surface area contributed by atoms with Crippen molar-refractivity contribution in [1.29, 1.82) is 0 Å². The number of alkyl halides is 3. The van der Waals surface area contributed by atoms with E-state index in [4.69, 9.17) is 0 Å². The third kappa shape index (κ3) is 3.65. The molecule has 0 atom stereocenters. The maximum atomic E-state index is 13.6. The van der Waals surface area contributed by atoms with Crippen LogP contribution in [0.15, 0.2) is 65.4 Å². The number of sulfonamides is 1. The number of hydrogen-bond acceptors (Lipinski definition) is 3. The SMILES string of the molecule is C=CS(=O)(=O)Nc1ccc(C(F)(F)F)c(-c2cn(C)c(=O)c3ccccc23)c1. The Balaban J connectivity index is 2.37. The van der Waals surface area contributed by atoms with E-state index in [-0.39, 0.29) is 27.8 Å². The lowest BCUT2D eigenvalue weighted by Gasteiger charge is -2.17. The van der Waals surface area contributed by atoms with Gasteiger partial charge in [-0.15, -0.1) is 0 Å². The monoisotopic (exact) mass is 408 g/mol. The molecule has 3 rings (SSSR count). The Bertz CT molecular complexity index is 1250. The Morgan fingerprint density at radius 2 is 1.71 bits per heavy atom. The zero-order valence-corrected chi connectivity index (χ0v) is 15.4. The average molecular weight is 408 g/mol. The molecule has 28 heavy (non-hydrogen) atoms. The van der Waals surface area contributed by atoms with Gasteiger partial charge < -0.3 is 4.57 Å². The number of rotatable bonds is 4. The van der Waals surface area contributed by atoms with Crippen LogP contribution in [0, 0.1) is 0 Å². The number of aryl methyl sites for hydroxylation is 1. The number of aromatic nitrogens is 1. The quantitative estimate of drug-likeness (QED) is 0.707. The predicted octanol–water partition coefficient (Wildman–Crippen LogP) is 4.11. The molecule has 1 heterocycles. The minimum Gasteiger partial charge on any atom is -0.317 e. The lowest BCUT2D eigenvalue weighted by Crippen LogP contribution is -2.17. The summed E-state index contributed by atoms with van der Waals surface area (Å²) in [5.41, 5.74) is -1.44. The predicted molar refractivity (Wildman–Crippen MR) is 102 cm³/mol. The third-order valence-corrected chi connectivity index (χ3v) is 5.14. The van der Waals surface area contributed by atoms with E-state index in [1.807, 2.05) is 0 Å². The summed E-state index contributed by atoms with van der Waals surface area (Å²) in [5, 5.41) is 1.25. The summed E-state index contributed by atoms with van der Waals surface area (Å²) in [6, 6.07) is 9.23. The number of benzene rings is 2. The van der Waals surface area contributed by atoms with Crippen molar-refractivity contribution >= 4 is 26.5 Å². The lowest BCUT2D eigenvalue weighted by atomic mass is 9.95. The second-order valence-corrected chi connectivity index (χ2v) is 7.70. The first-order valence-electron chi connectivity index (χ1n) is 7.99. The number of halogens is 3. The fraction of sp³-hybridized carbons (Fsp3) is 0.105.